The van der Waals surface area contributed by atoms with Crippen molar-refractivity contribution < 1.29 is 4.52 Å². The second-order valence-electron chi connectivity index (χ2n) is 2.89. The normalized spacial score (nSPS) is 13.2. The molecule has 0 amide bonds. The summed E-state index contributed by atoms with van der Waals surface area (Å²) in [5, 5.41) is 3.82. The van der Waals surface area contributed by atoms with Gasteiger partial charge in [0.1, 0.15) is 0 Å². The van der Waals surface area contributed by atoms with Gasteiger partial charge in [-0.2, -0.15) is 16.7 Å². The lowest BCUT2D eigenvalue weighted by atomic mass is 10.4. The second-order valence-corrected chi connectivity index (χ2v) is 4.00. The molecule has 2 N–H and O–H groups in total. The van der Waals surface area contributed by atoms with Crippen molar-refractivity contribution in [1.82, 2.24) is 10.1 Å². The zero-order chi connectivity index (χ0) is 9.68. The van der Waals surface area contributed by atoms with E-state index in [1.807, 2.05) is 6.92 Å². The van der Waals surface area contributed by atoms with Gasteiger partial charge in [0.05, 0.1) is 11.8 Å². The van der Waals surface area contributed by atoms with Gasteiger partial charge < -0.3 is 10.3 Å². The maximum atomic E-state index is 5.58. The average Bonchev–Trinajstić information content (AvgIpc) is 2.53. The Bertz CT molecular complexity index is 249. The predicted octanol–water partition coefficient (Wildman–Crippen LogP) is 1.73. The van der Waals surface area contributed by atoms with E-state index in [9.17, 15) is 0 Å². The standard InChI is InChI=1S/C8H15N3OS/c1-3-4-13-5-7-10-8(6(2)9)12-11-7/h6H,3-5,9H2,1-2H3. The molecule has 5 heteroatoms. The van der Waals surface area contributed by atoms with Gasteiger partial charge in [-0.15, -0.1) is 0 Å². The summed E-state index contributed by atoms with van der Waals surface area (Å²) in [6, 6.07) is -0.169. The molecular weight excluding hydrogens is 186 g/mol. The first kappa shape index (κ1) is 10.5. The van der Waals surface area contributed by atoms with Gasteiger partial charge in [-0.1, -0.05) is 12.1 Å². The monoisotopic (exact) mass is 201 g/mol. The smallest absolute Gasteiger partial charge is 0.243 e. The molecule has 0 spiro atoms. The molecule has 1 heterocycles. The van der Waals surface area contributed by atoms with Crippen LogP contribution >= 0.6 is 11.8 Å². The van der Waals surface area contributed by atoms with Gasteiger partial charge in [0.15, 0.2) is 5.82 Å². The third-order valence-electron chi connectivity index (χ3n) is 1.45. The molecule has 1 unspecified atom stereocenters. The first-order chi connectivity index (χ1) is 6.24. The number of nitrogens with two attached hydrogens (primary N) is 1. The van der Waals surface area contributed by atoms with Crippen LogP contribution in [0.3, 0.4) is 0 Å². The minimum Gasteiger partial charge on any atom is -0.338 e. The molecule has 0 aliphatic rings. The SMILES string of the molecule is CCCSCc1noc(C(C)N)n1. The first-order valence-electron chi connectivity index (χ1n) is 4.39. The van der Waals surface area contributed by atoms with Gasteiger partial charge in [-0.05, 0) is 19.1 Å². The molecule has 0 fully saturated rings. The van der Waals surface area contributed by atoms with E-state index in [4.69, 9.17) is 10.3 Å². The number of aromatic nitrogens is 2. The van der Waals surface area contributed by atoms with E-state index in [-0.39, 0.29) is 6.04 Å². The largest absolute Gasteiger partial charge is 0.338 e. The Morgan fingerprint density at radius 3 is 2.92 bits per heavy atom. The van der Waals surface area contributed by atoms with Gasteiger partial charge in [-0.25, -0.2) is 0 Å². The second kappa shape index (κ2) is 5.24. The van der Waals surface area contributed by atoms with E-state index in [0.717, 1.165) is 17.3 Å². The number of hydrogen-bond donors (Lipinski definition) is 1. The minimum absolute atomic E-state index is 0.169. The summed E-state index contributed by atoms with van der Waals surface area (Å²) in [6.45, 7) is 3.98. The lowest BCUT2D eigenvalue weighted by Gasteiger charge is -1.93. The van der Waals surface area contributed by atoms with Crippen molar-refractivity contribution in [2.75, 3.05) is 5.75 Å². The maximum absolute atomic E-state index is 5.58. The maximum Gasteiger partial charge on any atom is 0.243 e. The molecule has 0 saturated carbocycles. The summed E-state index contributed by atoms with van der Waals surface area (Å²) < 4.78 is 4.96. The fourth-order valence-corrected chi connectivity index (χ4v) is 1.55. The zero-order valence-electron chi connectivity index (χ0n) is 7.99. The Morgan fingerprint density at radius 1 is 1.62 bits per heavy atom. The Kier molecular flexibility index (Phi) is 4.24. The van der Waals surface area contributed by atoms with Crippen molar-refractivity contribution >= 4 is 11.8 Å². The highest BCUT2D eigenvalue weighted by Crippen LogP contribution is 2.12. The van der Waals surface area contributed by atoms with E-state index in [0.29, 0.717) is 5.89 Å². The number of nitrogens with zero attached hydrogens (tertiary/aromatic N) is 2. The van der Waals surface area contributed by atoms with Crippen LogP contribution in [-0.4, -0.2) is 15.9 Å². The Labute approximate surface area is 82.3 Å². The molecule has 1 atom stereocenters. The van der Waals surface area contributed by atoms with Crippen molar-refractivity contribution in [1.29, 1.82) is 0 Å². The summed E-state index contributed by atoms with van der Waals surface area (Å²) in [7, 11) is 0. The van der Waals surface area contributed by atoms with Gasteiger partial charge in [0, 0.05) is 0 Å². The highest BCUT2D eigenvalue weighted by atomic mass is 32.2. The zero-order valence-corrected chi connectivity index (χ0v) is 8.80. The quantitative estimate of drug-likeness (QED) is 0.735. The third-order valence-corrected chi connectivity index (χ3v) is 2.61. The first-order valence-corrected chi connectivity index (χ1v) is 5.55. The van der Waals surface area contributed by atoms with Gasteiger partial charge >= 0.3 is 0 Å². The van der Waals surface area contributed by atoms with Crippen LogP contribution in [0.15, 0.2) is 4.52 Å². The van der Waals surface area contributed by atoms with Crippen molar-refractivity contribution in [3.8, 4) is 0 Å². The van der Waals surface area contributed by atoms with E-state index < -0.39 is 0 Å². The van der Waals surface area contributed by atoms with Crippen molar-refractivity contribution in [3.63, 3.8) is 0 Å². The molecule has 1 aromatic heterocycles. The van der Waals surface area contributed by atoms with Gasteiger partial charge in [0.2, 0.25) is 5.89 Å². The molecule has 1 rings (SSSR count). The van der Waals surface area contributed by atoms with Crippen molar-refractivity contribution in [3.05, 3.63) is 11.7 Å². The van der Waals surface area contributed by atoms with Crippen LogP contribution in [-0.2, 0) is 5.75 Å². The van der Waals surface area contributed by atoms with Crippen molar-refractivity contribution in [2.24, 2.45) is 5.73 Å². The summed E-state index contributed by atoms with van der Waals surface area (Å²) in [6.07, 6.45) is 1.17. The summed E-state index contributed by atoms with van der Waals surface area (Å²) >= 11 is 1.81. The summed E-state index contributed by atoms with van der Waals surface area (Å²) in [4.78, 5) is 4.16. The molecule has 0 radical (unpaired) electrons. The van der Waals surface area contributed by atoms with Crippen molar-refractivity contribution in [2.45, 2.75) is 32.1 Å². The van der Waals surface area contributed by atoms with Crippen LogP contribution in [0, 0.1) is 0 Å². The Balaban J connectivity index is 2.40. The van der Waals surface area contributed by atoms with Crippen LogP contribution < -0.4 is 5.73 Å². The minimum atomic E-state index is -0.169. The molecule has 0 aromatic carbocycles. The third kappa shape index (κ3) is 3.36. The molecule has 74 valence electrons. The summed E-state index contributed by atoms with van der Waals surface area (Å²) in [5.41, 5.74) is 5.58. The number of hydrogen-bond acceptors (Lipinski definition) is 5. The molecule has 0 bridgehead atoms. The van der Waals surface area contributed by atoms with E-state index in [2.05, 4.69) is 17.1 Å². The van der Waals surface area contributed by atoms with E-state index >= 15 is 0 Å². The molecule has 0 aliphatic carbocycles. The Morgan fingerprint density at radius 2 is 2.38 bits per heavy atom. The number of rotatable bonds is 5. The van der Waals surface area contributed by atoms with Crippen LogP contribution in [0.5, 0.6) is 0 Å². The highest BCUT2D eigenvalue weighted by Gasteiger charge is 2.09. The topological polar surface area (TPSA) is 64.9 Å². The number of thioether (sulfide) groups is 1. The fraction of sp³-hybridized carbons (Fsp3) is 0.750. The molecule has 13 heavy (non-hydrogen) atoms. The highest BCUT2D eigenvalue weighted by molar-refractivity contribution is 7.98. The van der Waals surface area contributed by atoms with Crippen LogP contribution in [0.25, 0.3) is 0 Å². The van der Waals surface area contributed by atoms with E-state index in [1.54, 1.807) is 11.8 Å². The van der Waals surface area contributed by atoms with Gasteiger partial charge in [-0.3, -0.25) is 0 Å². The molecule has 0 aliphatic heterocycles. The lowest BCUT2D eigenvalue weighted by Crippen LogP contribution is -2.05. The molecular formula is C8H15N3OS. The van der Waals surface area contributed by atoms with E-state index in [1.165, 1.54) is 6.42 Å². The average molecular weight is 201 g/mol. The van der Waals surface area contributed by atoms with Crippen LogP contribution in [0.1, 0.15) is 38.0 Å². The fourth-order valence-electron chi connectivity index (χ4n) is 0.819. The van der Waals surface area contributed by atoms with Crippen LogP contribution in [0.2, 0.25) is 0 Å². The molecule has 0 saturated heterocycles. The van der Waals surface area contributed by atoms with Gasteiger partial charge in [0.25, 0.3) is 0 Å². The lowest BCUT2D eigenvalue weighted by molar-refractivity contribution is 0.358. The predicted molar refractivity (Wildman–Crippen MR) is 53.4 cm³/mol. The molecule has 1 aromatic rings. The molecule has 4 nitrogen and oxygen atoms in total. The summed E-state index contributed by atoms with van der Waals surface area (Å²) in [5.74, 6) is 3.20. The Hall–Kier alpha value is -0.550. The van der Waals surface area contributed by atoms with Crippen LogP contribution in [0.4, 0.5) is 0 Å².